The van der Waals surface area contributed by atoms with Gasteiger partial charge in [0, 0.05) is 5.69 Å². The lowest BCUT2D eigenvalue weighted by atomic mass is 10.1. The summed E-state index contributed by atoms with van der Waals surface area (Å²) in [6.07, 6.45) is 1.74. The van der Waals surface area contributed by atoms with E-state index in [-0.39, 0.29) is 12.3 Å². The minimum atomic E-state index is -0.227. The molecule has 6 nitrogen and oxygen atoms in total. The van der Waals surface area contributed by atoms with E-state index in [0.29, 0.717) is 33.8 Å². The molecule has 0 aliphatic carbocycles. The lowest BCUT2D eigenvalue weighted by Gasteiger charge is -2.11. The van der Waals surface area contributed by atoms with Crippen LogP contribution >= 0.6 is 23.2 Å². The highest BCUT2D eigenvalue weighted by Gasteiger charge is 2.07. The third-order valence-electron chi connectivity index (χ3n) is 4.31. The van der Waals surface area contributed by atoms with Gasteiger partial charge in [0.25, 0.3) is 0 Å². The van der Waals surface area contributed by atoms with Gasteiger partial charge >= 0.3 is 0 Å². The molecule has 1 amide bonds. The first-order valence-corrected chi connectivity index (χ1v) is 10.1. The van der Waals surface area contributed by atoms with Crippen LogP contribution in [0.3, 0.4) is 0 Å². The van der Waals surface area contributed by atoms with Gasteiger partial charge in [-0.25, -0.2) is 5.43 Å². The van der Waals surface area contributed by atoms with Crippen molar-refractivity contribution in [2.75, 3.05) is 12.8 Å². The largest absolute Gasteiger partial charge is 0.493 e. The van der Waals surface area contributed by atoms with Crippen LogP contribution in [0, 0.1) is 0 Å². The molecule has 0 spiro atoms. The highest BCUT2D eigenvalue weighted by Crippen LogP contribution is 2.29. The molecule has 160 valence electrons. The van der Waals surface area contributed by atoms with E-state index >= 15 is 0 Å². The van der Waals surface area contributed by atoms with Crippen molar-refractivity contribution in [2.24, 2.45) is 5.10 Å². The van der Waals surface area contributed by atoms with E-state index in [1.165, 1.54) is 6.21 Å². The van der Waals surface area contributed by atoms with Gasteiger partial charge in [0.15, 0.2) is 11.5 Å². The fourth-order valence-corrected chi connectivity index (χ4v) is 3.03. The summed E-state index contributed by atoms with van der Waals surface area (Å²) >= 11 is 12.0. The normalized spacial score (nSPS) is 10.8. The fourth-order valence-electron chi connectivity index (χ4n) is 2.71. The molecule has 0 radical (unpaired) electrons. The summed E-state index contributed by atoms with van der Waals surface area (Å²) in [5.41, 5.74) is 11.3. The van der Waals surface area contributed by atoms with Gasteiger partial charge in [-0.05, 0) is 59.2 Å². The maximum atomic E-state index is 12.0. The van der Waals surface area contributed by atoms with Crippen molar-refractivity contribution in [1.82, 2.24) is 5.43 Å². The smallest absolute Gasteiger partial charge is 0.244 e. The zero-order valence-electron chi connectivity index (χ0n) is 16.8. The van der Waals surface area contributed by atoms with Crippen LogP contribution in [0.15, 0.2) is 65.8 Å². The van der Waals surface area contributed by atoms with Gasteiger partial charge in [0.1, 0.15) is 6.61 Å². The molecule has 0 aliphatic rings. The van der Waals surface area contributed by atoms with Gasteiger partial charge in [-0.1, -0.05) is 41.4 Å². The highest BCUT2D eigenvalue weighted by atomic mass is 35.5. The van der Waals surface area contributed by atoms with Gasteiger partial charge in [0.2, 0.25) is 5.91 Å². The second-order valence-electron chi connectivity index (χ2n) is 6.66. The topological polar surface area (TPSA) is 85.9 Å². The molecule has 0 unspecified atom stereocenters. The first-order chi connectivity index (χ1) is 14.9. The van der Waals surface area contributed by atoms with Crippen molar-refractivity contribution in [3.05, 3.63) is 87.4 Å². The minimum Gasteiger partial charge on any atom is -0.493 e. The summed E-state index contributed by atoms with van der Waals surface area (Å²) in [6.45, 7) is 0.307. The van der Waals surface area contributed by atoms with E-state index in [2.05, 4.69) is 10.5 Å². The first kappa shape index (κ1) is 22.5. The predicted octanol–water partition coefficient (Wildman–Crippen LogP) is 4.86. The van der Waals surface area contributed by atoms with Crippen molar-refractivity contribution >= 4 is 41.0 Å². The Bertz CT molecular complexity index is 1090. The van der Waals surface area contributed by atoms with Gasteiger partial charge in [-0.2, -0.15) is 5.10 Å². The Morgan fingerprint density at radius 1 is 1.00 bits per heavy atom. The molecule has 0 fully saturated rings. The summed E-state index contributed by atoms with van der Waals surface area (Å²) in [6, 6.07) is 17.8. The molecule has 0 saturated carbocycles. The van der Waals surface area contributed by atoms with Crippen molar-refractivity contribution in [3.8, 4) is 11.5 Å². The molecule has 0 aliphatic heterocycles. The van der Waals surface area contributed by atoms with Gasteiger partial charge in [-0.3, -0.25) is 4.79 Å². The number of ether oxygens (including phenoxy) is 2. The maximum Gasteiger partial charge on any atom is 0.244 e. The Balaban J connectivity index is 1.57. The van der Waals surface area contributed by atoms with Crippen LogP contribution in [0.2, 0.25) is 10.0 Å². The quantitative estimate of drug-likeness (QED) is 0.287. The lowest BCUT2D eigenvalue weighted by Crippen LogP contribution is -2.19. The van der Waals surface area contributed by atoms with Crippen LogP contribution in [0.4, 0.5) is 5.69 Å². The predicted molar refractivity (Wildman–Crippen MR) is 124 cm³/mol. The molecule has 3 N–H and O–H groups in total. The Morgan fingerprint density at radius 3 is 2.45 bits per heavy atom. The van der Waals surface area contributed by atoms with Gasteiger partial charge in [0.05, 0.1) is 29.8 Å². The van der Waals surface area contributed by atoms with E-state index in [1.54, 1.807) is 55.6 Å². The zero-order valence-corrected chi connectivity index (χ0v) is 18.3. The second-order valence-corrected chi connectivity index (χ2v) is 7.47. The standard InChI is InChI=1S/C23H21Cl2N3O3/c1-30-22-11-16(13-27-28-23(29)12-15-2-6-18(26)7-3-15)5-9-21(22)31-14-17-4-8-19(24)20(25)10-17/h2-11,13H,12,14,26H2,1H3,(H,28,29)/b27-13-. The number of hydrogen-bond acceptors (Lipinski definition) is 5. The van der Waals surface area contributed by atoms with Crippen molar-refractivity contribution in [1.29, 1.82) is 0 Å². The minimum absolute atomic E-state index is 0.211. The summed E-state index contributed by atoms with van der Waals surface area (Å²) < 4.78 is 11.2. The third kappa shape index (κ3) is 6.64. The van der Waals surface area contributed by atoms with Crippen molar-refractivity contribution in [3.63, 3.8) is 0 Å². The van der Waals surface area contributed by atoms with Crippen LogP contribution < -0.4 is 20.6 Å². The monoisotopic (exact) mass is 457 g/mol. The van der Waals surface area contributed by atoms with Gasteiger partial charge < -0.3 is 15.2 Å². The van der Waals surface area contributed by atoms with E-state index in [1.807, 2.05) is 12.1 Å². The Morgan fingerprint density at radius 2 is 1.74 bits per heavy atom. The number of rotatable bonds is 8. The average Bonchev–Trinajstić information content (AvgIpc) is 2.76. The average molecular weight is 458 g/mol. The molecule has 3 aromatic rings. The van der Waals surface area contributed by atoms with E-state index < -0.39 is 0 Å². The molecular weight excluding hydrogens is 437 g/mol. The number of carbonyl (C=O) groups is 1. The highest BCUT2D eigenvalue weighted by molar-refractivity contribution is 6.42. The molecule has 8 heteroatoms. The number of hydrazone groups is 1. The number of nitrogen functional groups attached to an aromatic ring is 1. The SMILES string of the molecule is COc1cc(/C=N\NC(=O)Cc2ccc(N)cc2)ccc1OCc1ccc(Cl)c(Cl)c1. The zero-order chi connectivity index (χ0) is 22.2. The molecule has 0 aromatic heterocycles. The van der Waals surface area contributed by atoms with E-state index in [4.69, 9.17) is 38.4 Å². The van der Waals surface area contributed by atoms with Gasteiger partial charge in [-0.15, -0.1) is 0 Å². The lowest BCUT2D eigenvalue weighted by molar-refractivity contribution is -0.120. The molecule has 0 saturated heterocycles. The molecule has 0 heterocycles. The molecular formula is C23H21Cl2N3O3. The van der Waals surface area contributed by atoms with Crippen molar-refractivity contribution < 1.29 is 14.3 Å². The molecule has 3 rings (SSSR count). The van der Waals surface area contributed by atoms with Crippen LogP contribution in [0.25, 0.3) is 0 Å². The maximum absolute atomic E-state index is 12.0. The van der Waals surface area contributed by atoms with Crippen molar-refractivity contribution in [2.45, 2.75) is 13.0 Å². The third-order valence-corrected chi connectivity index (χ3v) is 5.05. The number of benzene rings is 3. The Kier molecular flexibility index (Phi) is 7.76. The summed E-state index contributed by atoms with van der Waals surface area (Å²) in [4.78, 5) is 12.0. The second kappa shape index (κ2) is 10.7. The number of halogens is 2. The summed E-state index contributed by atoms with van der Waals surface area (Å²) in [5, 5.41) is 4.96. The van der Waals surface area contributed by atoms with Crippen LogP contribution in [-0.2, 0) is 17.8 Å². The number of methoxy groups -OCH3 is 1. The van der Waals surface area contributed by atoms with Crippen LogP contribution in [0.5, 0.6) is 11.5 Å². The molecule has 3 aromatic carbocycles. The summed E-state index contributed by atoms with van der Waals surface area (Å²) in [7, 11) is 1.55. The number of nitrogens with zero attached hydrogens (tertiary/aromatic N) is 1. The van der Waals surface area contributed by atoms with E-state index in [9.17, 15) is 4.79 Å². The Hall–Kier alpha value is -3.22. The Labute approximate surface area is 190 Å². The number of amides is 1. The van der Waals surface area contributed by atoms with E-state index in [0.717, 1.165) is 16.7 Å². The molecule has 0 bridgehead atoms. The number of anilines is 1. The number of carbonyl (C=O) groups excluding carboxylic acids is 1. The molecule has 31 heavy (non-hydrogen) atoms. The number of hydrogen-bond donors (Lipinski definition) is 2. The molecule has 0 atom stereocenters. The van der Waals surface area contributed by atoms with Crippen LogP contribution in [-0.4, -0.2) is 19.2 Å². The van der Waals surface area contributed by atoms with Crippen LogP contribution in [0.1, 0.15) is 16.7 Å². The fraction of sp³-hybridized carbons (Fsp3) is 0.130. The summed E-state index contributed by atoms with van der Waals surface area (Å²) in [5.74, 6) is 0.880. The first-order valence-electron chi connectivity index (χ1n) is 9.35. The number of nitrogens with two attached hydrogens (primary N) is 1. The number of nitrogens with one attached hydrogen (secondary N) is 1.